The minimum absolute atomic E-state index is 0.299. The molecule has 0 amide bonds. The third kappa shape index (κ3) is 4.39. The molecular formula is C21H22FN3O3S. The molecule has 2 heterocycles. The second-order valence-electron chi connectivity index (χ2n) is 7.12. The predicted molar refractivity (Wildman–Crippen MR) is 107 cm³/mol. The Balaban J connectivity index is 1.37. The molecule has 1 aromatic heterocycles. The smallest absolute Gasteiger partial charge is 0.243 e. The second-order valence-corrected chi connectivity index (χ2v) is 9.06. The number of piperazine rings is 1. The summed E-state index contributed by atoms with van der Waals surface area (Å²) in [4.78, 5) is 6.74. The maximum Gasteiger partial charge on any atom is 0.243 e. The van der Waals surface area contributed by atoms with Gasteiger partial charge in [0.05, 0.1) is 17.6 Å². The number of hydrogen-bond donors (Lipinski definition) is 0. The number of rotatable bonds is 5. The molecule has 6 nitrogen and oxygen atoms in total. The zero-order chi connectivity index (χ0) is 20.4. The Bertz CT molecular complexity index is 1070. The molecule has 1 saturated heterocycles. The van der Waals surface area contributed by atoms with E-state index in [2.05, 4.69) is 9.88 Å². The van der Waals surface area contributed by atoms with Crippen molar-refractivity contribution in [2.75, 3.05) is 26.2 Å². The van der Waals surface area contributed by atoms with Crippen LogP contribution >= 0.6 is 0 Å². The highest BCUT2D eigenvalue weighted by Crippen LogP contribution is 2.22. The fraction of sp³-hybridized carbons (Fsp3) is 0.286. The van der Waals surface area contributed by atoms with Crippen LogP contribution in [0.1, 0.15) is 11.5 Å². The highest BCUT2D eigenvalue weighted by molar-refractivity contribution is 7.89. The lowest BCUT2D eigenvalue weighted by molar-refractivity contribution is 0.168. The molecule has 0 aliphatic carbocycles. The summed E-state index contributed by atoms with van der Waals surface area (Å²) in [7, 11) is -3.47. The number of hydrogen-bond acceptors (Lipinski definition) is 5. The summed E-state index contributed by atoms with van der Waals surface area (Å²) < 4.78 is 46.0. The van der Waals surface area contributed by atoms with Gasteiger partial charge in [0.2, 0.25) is 15.9 Å². The fourth-order valence-corrected chi connectivity index (χ4v) is 4.73. The molecule has 2 aromatic carbocycles. The molecular weight excluding hydrogens is 393 g/mol. The normalized spacial score (nSPS) is 16.2. The van der Waals surface area contributed by atoms with Gasteiger partial charge in [-0.05, 0) is 43.3 Å². The Morgan fingerprint density at radius 1 is 1.00 bits per heavy atom. The van der Waals surface area contributed by atoms with E-state index in [4.69, 9.17) is 4.42 Å². The molecule has 1 aliphatic rings. The predicted octanol–water partition coefficient (Wildman–Crippen LogP) is 3.30. The summed E-state index contributed by atoms with van der Waals surface area (Å²) in [5.74, 6) is 0.840. The SMILES string of the molecule is Cc1ccc(S(=O)(=O)N2CCN(Cc3ncc(-c4ccc(F)cc4)o3)CC2)cc1. The lowest BCUT2D eigenvalue weighted by Crippen LogP contribution is -2.48. The van der Waals surface area contributed by atoms with Gasteiger partial charge in [0.25, 0.3) is 0 Å². The van der Waals surface area contributed by atoms with Crippen molar-refractivity contribution in [1.29, 1.82) is 0 Å². The molecule has 0 bridgehead atoms. The number of aryl methyl sites for hydroxylation is 1. The maximum atomic E-state index is 13.1. The van der Waals surface area contributed by atoms with E-state index in [0.717, 1.165) is 11.1 Å². The Labute approximate surface area is 169 Å². The van der Waals surface area contributed by atoms with E-state index in [-0.39, 0.29) is 5.82 Å². The number of oxazole rings is 1. The first-order valence-corrected chi connectivity index (χ1v) is 10.9. The van der Waals surface area contributed by atoms with Crippen LogP contribution in [0, 0.1) is 12.7 Å². The van der Waals surface area contributed by atoms with E-state index in [1.54, 1.807) is 30.5 Å². The van der Waals surface area contributed by atoms with Crippen LogP contribution in [0.25, 0.3) is 11.3 Å². The molecule has 0 atom stereocenters. The highest BCUT2D eigenvalue weighted by Gasteiger charge is 2.28. The van der Waals surface area contributed by atoms with Gasteiger partial charge in [0, 0.05) is 31.7 Å². The molecule has 0 spiro atoms. The first-order chi connectivity index (χ1) is 13.9. The van der Waals surface area contributed by atoms with E-state index < -0.39 is 10.0 Å². The topological polar surface area (TPSA) is 66.7 Å². The summed E-state index contributed by atoms with van der Waals surface area (Å²) >= 11 is 0. The van der Waals surface area contributed by atoms with E-state index in [0.29, 0.717) is 49.3 Å². The van der Waals surface area contributed by atoms with Crippen LogP contribution in [0.5, 0.6) is 0 Å². The van der Waals surface area contributed by atoms with Crippen LogP contribution in [0.15, 0.2) is 64.0 Å². The Morgan fingerprint density at radius 2 is 1.66 bits per heavy atom. The number of halogens is 1. The van der Waals surface area contributed by atoms with E-state index in [1.807, 2.05) is 19.1 Å². The molecule has 29 heavy (non-hydrogen) atoms. The number of sulfonamides is 1. The van der Waals surface area contributed by atoms with E-state index in [9.17, 15) is 12.8 Å². The van der Waals surface area contributed by atoms with Crippen molar-refractivity contribution in [3.05, 3.63) is 72.0 Å². The number of nitrogens with zero attached hydrogens (tertiary/aromatic N) is 3. The lowest BCUT2D eigenvalue weighted by Gasteiger charge is -2.33. The van der Waals surface area contributed by atoms with Crippen LogP contribution in [-0.2, 0) is 16.6 Å². The quantitative estimate of drug-likeness (QED) is 0.640. The van der Waals surface area contributed by atoms with Crippen molar-refractivity contribution < 1.29 is 17.2 Å². The average molecular weight is 415 g/mol. The van der Waals surface area contributed by atoms with Crippen LogP contribution in [-0.4, -0.2) is 48.8 Å². The molecule has 1 aliphatic heterocycles. The van der Waals surface area contributed by atoms with Crippen LogP contribution in [0.4, 0.5) is 4.39 Å². The van der Waals surface area contributed by atoms with Gasteiger partial charge in [-0.25, -0.2) is 17.8 Å². The molecule has 0 unspecified atom stereocenters. The zero-order valence-electron chi connectivity index (χ0n) is 16.1. The van der Waals surface area contributed by atoms with E-state index in [1.165, 1.54) is 16.4 Å². The van der Waals surface area contributed by atoms with Gasteiger partial charge < -0.3 is 4.42 Å². The first kappa shape index (κ1) is 19.8. The van der Waals surface area contributed by atoms with E-state index >= 15 is 0 Å². The lowest BCUT2D eigenvalue weighted by atomic mass is 10.2. The van der Waals surface area contributed by atoms with Crippen molar-refractivity contribution >= 4 is 10.0 Å². The van der Waals surface area contributed by atoms with Gasteiger partial charge in [0.15, 0.2) is 5.76 Å². The van der Waals surface area contributed by atoms with Crippen molar-refractivity contribution in [2.45, 2.75) is 18.4 Å². The first-order valence-electron chi connectivity index (χ1n) is 9.42. The molecule has 1 fully saturated rings. The van der Waals surface area contributed by atoms with Gasteiger partial charge in [-0.2, -0.15) is 4.31 Å². The standard InChI is InChI=1S/C21H22FN3O3S/c1-16-2-8-19(9-3-16)29(26,27)25-12-10-24(11-13-25)15-21-23-14-20(28-21)17-4-6-18(22)7-5-17/h2-9,14H,10-13,15H2,1H3. The Morgan fingerprint density at radius 3 is 2.31 bits per heavy atom. The Hall–Kier alpha value is -2.55. The third-order valence-electron chi connectivity index (χ3n) is 5.03. The summed E-state index contributed by atoms with van der Waals surface area (Å²) in [6, 6.07) is 13.0. The average Bonchev–Trinajstić information content (AvgIpc) is 3.18. The van der Waals surface area contributed by atoms with Crippen molar-refractivity contribution in [3.63, 3.8) is 0 Å². The van der Waals surface area contributed by atoms with Crippen molar-refractivity contribution in [3.8, 4) is 11.3 Å². The summed E-state index contributed by atoms with van der Waals surface area (Å²) in [6.07, 6.45) is 1.63. The molecule has 0 saturated carbocycles. The third-order valence-corrected chi connectivity index (χ3v) is 6.94. The minimum atomic E-state index is -3.47. The Kier molecular flexibility index (Phi) is 5.49. The zero-order valence-corrected chi connectivity index (χ0v) is 16.9. The molecule has 0 N–H and O–H groups in total. The fourth-order valence-electron chi connectivity index (χ4n) is 3.31. The summed E-state index contributed by atoms with van der Waals surface area (Å²) in [5.41, 5.74) is 1.79. The monoisotopic (exact) mass is 415 g/mol. The van der Waals surface area contributed by atoms with Gasteiger partial charge >= 0.3 is 0 Å². The van der Waals surface area contributed by atoms with Crippen LogP contribution in [0.2, 0.25) is 0 Å². The molecule has 152 valence electrons. The molecule has 3 aromatic rings. The van der Waals surface area contributed by atoms with Gasteiger partial charge in [-0.1, -0.05) is 17.7 Å². The molecule has 4 rings (SSSR count). The summed E-state index contributed by atoms with van der Waals surface area (Å²) in [5, 5.41) is 0. The van der Waals surface area contributed by atoms with Gasteiger partial charge in [-0.15, -0.1) is 0 Å². The number of aromatic nitrogens is 1. The van der Waals surface area contributed by atoms with Crippen LogP contribution in [0.3, 0.4) is 0 Å². The maximum absolute atomic E-state index is 13.1. The van der Waals surface area contributed by atoms with Gasteiger partial charge in [-0.3, -0.25) is 4.90 Å². The van der Waals surface area contributed by atoms with Crippen molar-refractivity contribution in [2.24, 2.45) is 0 Å². The van der Waals surface area contributed by atoms with Crippen molar-refractivity contribution in [1.82, 2.24) is 14.2 Å². The number of benzene rings is 2. The molecule has 8 heteroatoms. The van der Waals surface area contributed by atoms with Crippen LogP contribution < -0.4 is 0 Å². The summed E-state index contributed by atoms with van der Waals surface area (Å²) in [6.45, 7) is 4.46. The minimum Gasteiger partial charge on any atom is -0.439 e. The largest absolute Gasteiger partial charge is 0.439 e. The highest BCUT2D eigenvalue weighted by atomic mass is 32.2. The van der Waals surface area contributed by atoms with Gasteiger partial charge in [0.1, 0.15) is 5.82 Å². The molecule has 0 radical (unpaired) electrons. The second kappa shape index (κ2) is 8.06.